The number of rotatable bonds is 3. The van der Waals surface area contributed by atoms with Crippen LogP contribution in [0.15, 0.2) is 66.7 Å². The molecule has 3 aliphatic rings. The first kappa shape index (κ1) is 19.4. The van der Waals surface area contributed by atoms with Crippen LogP contribution < -0.4 is 0 Å². The highest BCUT2D eigenvalue weighted by Gasteiger charge is 2.44. The van der Waals surface area contributed by atoms with Crippen LogP contribution in [0.2, 0.25) is 0 Å². The van der Waals surface area contributed by atoms with Crippen LogP contribution in [0.5, 0.6) is 0 Å². The van der Waals surface area contributed by atoms with Gasteiger partial charge in [-0.05, 0) is 114 Å². The Bertz CT molecular complexity index is 1090. The molecule has 4 atom stereocenters. The van der Waals surface area contributed by atoms with Gasteiger partial charge in [0.05, 0.1) is 0 Å². The third-order valence-electron chi connectivity index (χ3n) is 8.70. The highest BCUT2D eigenvalue weighted by atomic mass is 14.5. The van der Waals surface area contributed by atoms with Crippen molar-refractivity contribution in [3.05, 3.63) is 106 Å². The summed E-state index contributed by atoms with van der Waals surface area (Å²) in [6, 6.07) is 26.2. The van der Waals surface area contributed by atoms with Gasteiger partial charge in [0.1, 0.15) is 0 Å². The molecule has 0 heteroatoms. The Hall–Kier alpha value is -2.34. The molecule has 3 aliphatic carbocycles. The topological polar surface area (TPSA) is 0 Å². The molecular weight excluding hydrogens is 372 g/mol. The second kappa shape index (κ2) is 7.97. The van der Waals surface area contributed by atoms with E-state index in [1.807, 2.05) is 0 Å². The maximum absolute atomic E-state index is 2.59. The summed E-state index contributed by atoms with van der Waals surface area (Å²) in [5.41, 5.74) is 11.3. The zero-order valence-electron chi connectivity index (χ0n) is 18.8. The number of hydrogen-bond acceptors (Lipinski definition) is 0. The first-order valence-electron chi connectivity index (χ1n) is 12.6. The summed E-state index contributed by atoms with van der Waals surface area (Å²) >= 11 is 0. The van der Waals surface area contributed by atoms with Crippen molar-refractivity contribution < 1.29 is 0 Å². The van der Waals surface area contributed by atoms with Gasteiger partial charge in [0.2, 0.25) is 0 Å². The smallest absolute Gasteiger partial charge is 0.00843 e. The van der Waals surface area contributed by atoms with E-state index in [1.54, 1.807) is 38.9 Å². The van der Waals surface area contributed by atoms with Crippen LogP contribution in [0.4, 0.5) is 0 Å². The van der Waals surface area contributed by atoms with Gasteiger partial charge in [-0.15, -0.1) is 0 Å². The highest BCUT2D eigenvalue weighted by Crippen LogP contribution is 2.57. The summed E-state index contributed by atoms with van der Waals surface area (Å²) in [5.74, 6) is 2.85. The Kier molecular flexibility index (Phi) is 4.98. The van der Waals surface area contributed by atoms with Gasteiger partial charge in [-0.25, -0.2) is 0 Å². The Balaban J connectivity index is 1.39. The van der Waals surface area contributed by atoms with Gasteiger partial charge in [0.25, 0.3) is 0 Å². The molecule has 0 amide bonds. The highest BCUT2D eigenvalue weighted by molar-refractivity contribution is 5.43. The SMILES string of the molecule is CCc1ccccc1C1Cc2ccccc2C2CC(c3ccc4c(c3)CCCC4)CC12. The minimum atomic E-state index is 0.665. The molecule has 4 unspecified atom stereocenters. The molecule has 3 aromatic carbocycles. The molecule has 31 heavy (non-hydrogen) atoms. The molecule has 1 saturated carbocycles. The minimum absolute atomic E-state index is 0.665. The van der Waals surface area contributed by atoms with E-state index in [0.717, 1.165) is 12.3 Å². The molecule has 0 spiro atoms. The van der Waals surface area contributed by atoms with Crippen LogP contribution in [0.1, 0.15) is 89.3 Å². The van der Waals surface area contributed by atoms with Crippen LogP contribution in [0.25, 0.3) is 0 Å². The summed E-state index contributed by atoms with van der Waals surface area (Å²) in [5, 5.41) is 0. The van der Waals surface area contributed by atoms with Crippen LogP contribution in [-0.4, -0.2) is 0 Å². The van der Waals surface area contributed by atoms with Crippen molar-refractivity contribution in [2.75, 3.05) is 0 Å². The van der Waals surface area contributed by atoms with Crippen molar-refractivity contribution in [2.24, 2.45) is 5.92 Å². The van der Waals surface area contributed by atoms with E-state index in [2.05, 4.69) is 73.7 Å². The maximum Gasteiger partial charge on any atom is -0.00843 e. The molecule has 0 aromatic heterocycles. The number of benzene rings is 3. The zero-order valence-corrected chi connectivity index (χ0v) is 18.8. The lowest BCUT2D eigenvalue weighted by atomic mass is 9.67. The predicted octanol–water partition coefficient (Wildman–Crippen LogP) is 7.75. The molecule has 0 bridgehead atoms. The van der Waals surface area contributed by atoms with Crippen molar-refractivity contribution in [1.82, 2.24) is 0 Å². The molecular formula is C31H34. The van der Waals surface area contributed by atoms with Gasteiger partial charge in [-0.2, -0.15) is 0 Å². The van der Waals surface area contributed by atoms with E-state index in [-0.39, 0.29) is 0 Å². The van der Waals surface area contributed by atoms with Crippen molar-refractivity contribution in [3.8, 4) is 0 Å². The van der Waals surface area contributed by atoms with Gasteiger partial charge in [0.15, 0.2) is 0 Å². The molecule has 1 fully saturated rings. The first-order valence-corrected chi connectivity index (χ1v) is 12.6. The van der Waals surface area contributed by atoms with E-state index in [0.29, 0.717) is 17.8 Å². The number of fused-ring (bicyclic) bond motifs is 4. The number of aryl methyl sites for hydroxylation is 3. The zero-order chi connectivity index (χ0) is 20.8. The Morgan fingerprint density at radius 3 is 2.35 bits per heavy atom. The van der Waals surface area contributed by atoms with Gasteiger partial charge >= 0.3 is 0 Å². The van der Waals surface area contributed by atoms with Crippen LogP contribution in [0, 0.1) is 5.92 Å². The maximum atomic E-state index is 2.59. The third-order valence-corrected chi connectivity index (χ3v) is 8.70. The molecule has 158 valence electrons. The Morgan fingerprint density at radius 2 is 1.48 bits per heavy atom. The third kappa shape index (κ3) is 3.36. The first-order chi connectivity index (χ1) is 15.3. The van der Waals surface area contributed by atoms with Crippen molar-refractivity contribution >= 4 is 0 Å². The fourth-order valence-electron chi connectivity index (χ4n) is 7.18. The summed E-state index contributed by atoms with van der Waals surface area (Å²) in [6.45, 7) is 2.32. The van der Waals surface area contributed by atoms with Crippen LogP contribution >= 0.6 is 0 Å². The quantitative estimate of drug-likeness (QED) is 0.417. The largest absolute Gasteiger partial charge is 0.0620 e. The molecule has 0 heterocycles. The Labute approximate surface area is 187 Å². The molecule has 0 nitrogen and oxygen atoms in total. The lowest BCUT2D eigenvalue weighted by Gasteiger charge is -2.37. The lowest BCUT2D eigenvalue weighted by Crippen LogP contribution is -2.25. The molecule has 0 N–H and O–H groups in total. The monoisotopic (exact) mass is 406 g/mol. The minimum Gasteiger partial charge on any atom is -0.0620 e. The van der Waals surface area contributed by atoms with E-state index >= 15 is 0 Å². The molecule has 0 aliphatic heterocycles. The second-order valence-corrected chi connectivity index (χ2v) is 10.2. The second-order valence-electron chi connectivity index (χ2n) is 10.2. The van der Waals surface area contributed by atoms with Crippen LogP contribution in [0.3, 0.4) is 0 Å². The average Bonchev–Trinajstić information content (AvgIpc) is 3.29. The Morgan fingerprint density at radius 1 is 0.710 bits per heavy atom. The molecule has 0 radical (unpaired) electrons. The van der Waals surface area contributed by atoms with Gasteiger partial charge in [-0.1, -0.05) is 73.7 Å². The fraction of sp³-hybridized carbons (Fsp3) is 0.419. The van der Waals surface area contributed by atoms with Gasteiger partial charge in [-0.3, -0.25) is 0 Å². The van der Waals surface area contributed by atoms with Crippen molar-refractivity contribution in [1.29, 1.82) is 0 Å². The standard InChI is InChI=1S/C31H34/c1-2-21-9-5-7-13-27(21)29-18-25-12-6-8-14-28(25)30-19-26(20-31(29)30)24-16-15-22-10-3-4-11-23(22)17-24/h5-9,12-17,26,29-31H,2-4,10-11,18-20H2,1H3. The van der Waals surface area contributed by atoms with Gasteiger partial charge < -0.3 is 0 Å². The van der Waals surface area contributed by atoms with E-state index in [4.69, 9.17) is 0 Å². The van der Waals surface area contributed by atoms with Crippen molar-refractivity contribution in [3.63, 3.8) is 0 Å². The average molecular weight is 407 g/mol. The lowest BCUT2D eigenvalue weighted by molar-refractivity contribution is 0.362. The van der Waals surface area contributed by atoms with Crippen LogP contribution in [-0.2, 0) is 25.7 Å². The van der Waals surface area contributed by atoms with E-state index in [1.165, 1.54) is 44.9 Å². The molecule has 0 saturated heterocycles. The van der Waals surface area contributed by atoms with E-state index < -0.39 is 0 Å². The number of hydrogen-bond donors (Lipinski definition) is 0. The normalized spacial score (nSPS) is 26.7. The van der Waals surface area contributed by atoms with Crippen molar-refractivity contribution in [2.45, 2.75) is 76.0 Å². The van der Waals surface area contributed by atoms with Gasteiger partial charge in [0, 0.05) is 0 Å². The summed E-state index contributed by atoms with van der Waals surface area (Å²) in [7, 11) is 0. The molecule has 3 aromatic rings. The molecule has 6 rings (SSSR count). The predicted molar refractivity (Wildman–Crippen MR) is 130 cm³/mol. The fourth-order valence-corrected chi connectivity index (χ4v) is 7.18. The van der Waals surface area contributed by atoms with E-state index in [9.17, 15) is 0 Å². The summed E-state index contributed by atoms with van der Waals surface area (Å²) in [6.07, 6.45) is 10.3. The summed E-state index contributed by atoms with van der Waals surface area (Å²) in [4.78, 5) is 0. The summed E-state index contributed by atoms with van der Waals surface area (Å²) < 4.78 is 0.